The molecule has 1 amide bonds. The topological polar surface area (TPSA) is 48.0 Å². The Labute approximate surface area is 181 Å². The second kappa shape index (κ2) is 7.57. The Kier molecular flexibility index (Phi) is 4.70. The van der Waals surface area contributed by atoms with Crippen LogP contribution in [-0.4, -0.2) is 10.5 Å². The average Bonchev–Trinajstić information content (AvgIpc) is 3.10. The molecule has 5 rings (SSSR count). The predicted octanol–water partition coefficient (Wildman–Crippen LogP) is 5.83. The van der Waals surface area contributed by atoms with Crippen molar-refractivity contribution in [2.24, 2.45) is 5.73 Å². The Balaban J connectivity index is 1.83. The summed E-state index contributed by atoms with van der Waals surface area (Å²) < 4.78 is 43.9. The number of halogens is 3. The number of nitrogens with zero attached hydrogens (tertiary/aromatic N) is 1. The standard InChI is InChI=1S/C26H16F3N2O/c27-18-11-17(25(29)21(28)13-18)14-31-22-8-4-7-20(26(30)32)24(22)19-10-9-16(12-23(19)31)15-5-2-1-3-6-15/h1-9,11-13H,14H2,(H2,30,32). The van der Waals surface area contributed by atoms with Gasteiger partial charge in [0.15, 0.2) is 11.6 Å². The minimum Gasteiger partial charge on any atom is -0.366 e. The van der Waals surface area contributed by atoms with Crippen LogP contribution in [0.1, 0.15) is 15.9 Å². The minimum atomic E-state index is -1.25. The van der Waals surface area contributed by atoms with Crippen molar-refractivity contribution in [1.29, 1.82) is 0 Å². The van der Waals surface area contributed by atoms with Crippen molar-refractivity contribution in [2.75, 3.05) is 0 Å². The maximum Gasteiger partial charge on any atom is 0.249 e. The highest BCUT2D eigenvalue weighted by Crippen LogP contribution is 2.35. The number of rotatable bonds is 4. The molecule has 3 nitrogen and oxygen atoms in total. The maximum absolute atomic E-state index is 14.5. The van der Waals surface area contributed by atoms with Gasteiger partial charge in [0.25, 0.3) is 0 Å². The highest BCUT2D eigenvalue weighted by Gasteiger charge is 2.19. The van der Waals surface area contributed by atoms with E-state index in [0.717, 1.165) is 17.2 Å². The molecule has 0 aliphatic rings. The molecule has 0 bridgehead atoms. The Morgan fingerprint density at radius 2 is 1.69 bits per heavy atom. The molecule has 4 aromatic carbocycles. The van der Waals surface area contributed by atoms with Crippen LogP contribution in [0.25, 0.3) is 32.9 Å². The van der Waals surface area contributed by atoms with Gasteiger partial charge in [0.2, 0.25) is 5.91 Å². The molecule has 157 valence electrons. The fourth-order valence-corrected chi connectivity index (χ4v) is 4.12. The molecule has 0 fully saturated rings. The first kappa shape index (κ1) is 19.9. The van der Waals surface area contributed by atoms with Crippen molar-refractivity contribution in [2.45, 2.75) is 6.54 Å². The summed E-state index contributed by atoms with van der Waals surface area (Å²) in [5.41, 5.74) is 8.77. The van der Waals surface area contributed by atoms with Crippen LogP contribution >= 0.6 is 0 Å². The predicted molar refractivity (Wildman–Crippen MR) is 118 cm³/mol. The second-order valence-corrected chi connectivity index (χ2v) is 7.53. The molecular weight excluding hydrogens is 413 g/mol. The summed E-state index contributed by atoms with van der Waals surface area (Å²) in [5.74, 6) is -3.85. The molecule has 32 heavy (non-hydrogen) atoms. The Hall–Kier alpha value is -4.06. The van der Waals surface area contributed by atoms with Crippen molar-refractivity contribution in [3.8, 4) is 11.1 Å². The van der Waals surface area contributed by atoms with E-state index in [1.165, 1.54) is 0 Å². The summed E-state index contributed by atoms with van der Waals surface area (Å²) >= 11 is 0. The van der Waals surface area contributed by atoms with Gasteiger partial charge in [0, 0.05) is 28.0 Å². The van der Waals surface area contributed by atoms with Crippen molar-refractivity contribution in [3.63, 3.8) is 0 Å². The molecule has 0 unspecified atom stereocenters. The number of benzene rings is 4. The van der Waals surface area contributed by atoms with E-state index in [1.807, 2.05) is 42.5 Å². The third kappa shape index (κ3) is 3.21. The Morgan fingerprint density at radius 1 is 0.906 bits per heavy atom. The first-order valence-corrected chi connectivity index (χ1v) is 9.89. The number of hydrogen-bond donors (Lipinski definition) is 1. The summed E-state index contributed by atoms with van der Waals surface area (Å²) in [6.45, 7) is -0.144. The third-order valence-electron chi connectivity index (χ3n) is 5.56. The number of amides is 1. The third-order valence-corrected chi connectivity index (χ3v) is 5.56. The fraction of sp³-hybridized carbons (Fsp3) is 0.0385. The normalized spacial score (nSPS) is 11.3. The van der Waals surface area contributed by atoms with E-state index < -0.39 is 23.4 Å². The summed E-state index contributed by atoms with van der Waals surface area (Å²) in [4.78, 5) is 12.1. The van der Waals surface area contributed by atoms with E-state index in [2.05, 4.69) is 6.07 Å². The number of fused-ring (bicyclic) bond motifs is 3. The molecule has 0 saturated heterocycles. The van der Waals surface area contributed by atoms with Gasteiger partial charge in [-0.25, -0.2) is 13.2 Å². The van der Waals surface area contributed by atoms with Gasteiger partial charge in [-0.2, -0.15) is 0 Å². The molecule has 0 spiro atoms. The smallest absolute Gasteiger partial charge is 0.249 e. The highest BCUT2D eigenvalue weighted by atomic mass is 19.2. The summed E-state index contributed by atoms with van der Waals surface area (Å²) in [6.07, 6.45) is 0. The van der Waals surface area contributed by atoms with Gasteiger partial charge in [0.05, 0.1) is 17.6 Å². The van der Waals surface area contributed by atoms with Crippen LogP contribution in [0.2, 0.25) is 0 Å². The molecule has 1 heterocycles. The maximum atomic E-state index is 14.5. The molecule has 0 aliphatic heterocycles. The molecule has 6 heteroatoms. The second-order valence-electron chi connectivity index (χ2n) is 7.53. The van der Waals surface area contributed by atoms with Gasteiger partial charge in [0.1, 0.15) is 5.82 Å². The quantitative estimate of drug-likeness (QED) is 0.359. The largest absolute Gasteiger partial charge is 0.366 e. The summed E-state index contributed by atoms with van der Waals surface area (Å²) in [6, 6.07) is 23.0. The first-order valence-electron chi connectivity index (χ1n) is 9.89. The van der Waals surface area contributed by atoms with Gasteiger partial charge >= 0.3 is 0 Å². The minimum absolute atomic E-state index is 0.143. The van der Waals surface area contributed by atoms with E-state index in [0.29, 0.717) is 33.4 Å². The van der Waals surface area contributed by atoms with Gasteiger partial charge < -0.3 is 10.3 Å². The van der Waals surface area contributed by atoms with E-state index in [-0.39, 0.29) is 12.1 Å². The van der Waals surface area contributed by atoms with Gasteiger partial charge in [-0.05, 0) is 47.5 Å². The van der Waals surface area contributed by atoms with Crippen LogP contribution in [0.3, 0.4) is 0 Å². The molecule has 5 aromatic rings. The van der Waals surface area contributed by atoms with E-state index in [1.54, 1.807) is 22.8 Å². The van der Waals surface area contributed by atoms with E-state index >= 15 is 0 Å². The van der Waals surface area contributed by atoms with Crippen LogP contribution in [0.4, 0.5) is 13.2 Å². The number of nitrogens with two attached hydrogens (primary N) is 1. The lowest BCUT2D eigenvalue weighted by Gasteiger charge is -2.11. The number of aromatic nitrogens is 1. The van der Waals surface area contributed by atoms with Gasteiger partial charge in [-0.1, -0.05) is 36.4 Å². The molecule has 2 N–H and O–H groups in total. The molecule has 1 aromatic heterocycles. The van der Waals surface area contributed by atoms with Crippen LogP contribution in [0.5, 0.6) is 0 Å². The van der Waals surface area contributed by atoms with Crippen LogP contribution in [-0.2, 0) is 6.54 Å². The van der Waals surface area contributed by atoms with Crippen molar-refractivity contribution >= 4 is 27.7 Å². The number of carbonyl (C=O) groups excluding carboxylic acids is 1. The van der Waals surface area contributed by atoms with E-state index in [4.69, 9.17) is 5.73 Å². The molecule has 0 saturated carbocycles. The highest BCUT2D eigenvalue weighted by molar-refractivity contribution is 6.18. The SMILES string of the molecule is NC(=O)c1cccc2c1c1[c]cc(-c3ccccc3)cc1n2Cc1cc(F)cc(F)c1F. The zero-order valence-electron chi connectivity index (χ0n) is 16.7. The first-order chi connectivity index (χ1) is 15.4. The monoisotopic (exact) mass is 429 g/mol. The molecule has 1 radical (unpaired) electrons. The zero-order chi connectivity index (χ0) is 22.4. The summed E-state index contributed by atoms with van der Waals surface area (Å²) in [5, 5.41) is 1.18. The summed E-state index contributed by atoms with van der Waals surface area (Å²) in [7, 11) is 0. The Bertz CT molecular complexity index is 1510. The lowest BCUT2D eigenvalue weighted by Crippen LogP contribution is -2.11. The van der Waals surface area contributed by atoms with E-state index in [9.17, 15) is 18.0 Å². The Morgan fingerprint density at radius 3 is 2.44 bits per heavy atom. The van der Waals surface area contributed by atoms with Crippen molar-refractivity contribution < 1.29 is 18.0 Å². The number of carbonyl (C=O) groups is 1. The zero-order valence-corrected chi connectivity index (χ0v) is 16.7. The van der Waals surface area contributed by atoms with Crippen LogP contribution < -0.4 is 5.73 Å². The lowest BCUT2D eigenvalue weighted by molar-refractivity contribution is 0.100. The van der Waals surface area contributed by atoms with Crippen LogP contribution in [0, 0.1) is 23.5 Å². The van der Waals surface area contributed by atoms with Gasteiger partial charge in [-0.3, -0.25) is 4.79 Å². The molecule has 0 aliphatic carbocycles. The van der Waals surface area contributed by atoms with Crippen molar-refractivity contribution in [3.05, 3.63) is 107 Å². The number of hydrogen-bond acceptors (Lipinski definition) is 1. The molecule has 0 atom stereocenters. The molecular formula is C26H16F3N2O. The van der Waals surface area contributed by atoms with Crippen LogP contribution in [0.15, 0.2) is 72.8 Å². The lowest BCUT2D eigenvalue weighted by atomic mass is 10.0. The van der Waals surface area contributed by atoms with Gasteiger partial charge in [-0.15, -0.1) is 0 Å². The average molecular weight is 429 g/mol. The fourth-order valence-electron chi connectivity index (χ4n) is 4.12. The number of primary amides is 1. The van der Waals surface area contributed by atoms with Crippen molar-refractivity contribution in [1.82, 2.24) is 4.57 Å².